The summed E-state index contributed by atoms with van der Waals surface area (Å²) in [4.78, 5) is 18.7. The monoisotopic (exact) mass is 451 g/mol. The Labute approximate surface area is 169 Å². The first-order chi connectivity index (χ1) is 13.0. The maximum absolute atomic E-state index is 14.4. The van der Waals surface area contributed by atoms with E-state index in [1.54, 1.807) is 18.5 Å². The van der Waals surface area contributed by atoms with E-state index >= 15 is 0 Å². The molecule has 0 aliphatic carbocycles. The summed E-state index contributed by atoms with van der Waals surface area (Å²) >= 11 is 4.55. The molecule has 0 saturated heterocycles. The van der Waals surface area contributed by atoms with Crippen LogP contribution in [0, 0.1) is 5.82 Å². The van der Waals surface area contributed by atoms with Crippen molar-refractivity contribution in [2.45, 2.75) is 5.44 Å². The van der Waals surface area contributed by atoms with Crippen molar-refractivity contribution in [2.75, 3.05) is 26.4 Å². The van der Waals surface area contributed by atoms with Crippen molar-refractivity contribution in [1.29, 1.82) is 0 Å². The highest BCUT2D eigenvalue weighted by Crippen LogP contribution is 2.27. The number of rotatable bonds is 6. The number of nitrogens with one attached hydrogen (secondary N) is 1. The Morgan fingerprint density at radius 1 is 1.48 bits per heavy atom. The van der Waals surface area contributed by atoms with Crippen molar-refractivity contribution in [1.82, 2.24) is 15.2 Å². The number of pyridine rings is 1. The lowest BCUT2D eigenvalue weighted by molar-refractivity contribution is -0.124. The van der Waals surface area contributed by atoms with Gasteiger partial charge in [0, 0.05) is 48.5 Å². The van der Waals surface area contributed by atoms with Crippen LogP contribution in [0.1, 0.15) is 0 Å². The Morgan fingerprint density at radius 3 is 3.04 bits per heavy atom. The zero-order chi connectivity index (χ0) is 19.4. The van der Waals surface area contributed by atoms with Gasteiger partial charge in [-0.1, -0.05) is 12.2 Å². The summed E-state index contributed by atoms with van der Waals surface area (Å²) in [6.45, 7) is 1.23. The van der Waals surface area contributed by atoms with Gasteiger partial charge in [0.1, 0.15) is 0 Å². The lowest BCUT2D eigenvalue weighted by Gasteiger charge is -2.20. The van der Waals surface area contributed by atoms with Gasteiger partial charge in [-0.3, -0.25) is 9.78 Å². The Balaban J connectivity index is 1.70. The maximum Gasteiger partial charge on any atom is 0.272 e. The number of benzene rings is 1. The van der Waals surface area contributed by atoms with Crippen molar-refractivity contribution in [3.63, 3.8) is 0 Å². The topological polar surface area (TPSA) is 54.5 Å². The molecule has 0 bridgehead atoms. The summed E-state index contributed by atoms with van der Waals surface area (Å²) in [5.74, 6) is -0.839. The third-order valence-electron chi connectivity index (χ3n) is 3.94. The van der Waals surface area contributed by atoms with Crippen LogP contribution in [0.4, 0.5) is 4.39 Å². The van der Waals surface area contributed by atoms with Gasteiger partial charge in [-0.05, 0) is 39.9 Å². The van der Waals surface area contributed by atoms with E-state index in [1.165, 1.54) is 17.8 Å². The molecule has 2 aromatic rings. The summed E-state index contributed by atoms with van der Waals surface area (Å²) in [5.41, 5.74) is 0.654. The number of aromatic nitrogens is 1. The molecule has 1 atom stereocenters. The number of thioether (sulfide) groups is 1. The van der Waals surface area contributed by atoms with Crippen LogP contribution in [-0.4, -0.2) is 47.6 Å². The molecule has 1 aliphatic heterocycles. The minimum atomic E-state index is -0.858. The number of nitrogens with zero attached hydrogens (tertiary/aromatic N) is 2. The van der Waals surface area contributed by atoms with Crippen LogP contribution in [0.2, 0.25) is 0 Å². The van der Waals surface area contributed by atoms with E-state index < -0.39 is 11.3 Å². The number of ether oxygens (including phenoxy) is 1. The van der Waals surface area contributed by atoms with E-state index in [1.807, 2.05) is 36.4 Å². The molecule has 8 heteroatoms. The summed E-state index contributed by atoms with van der Waals surface area (Å²) in [5, 5.41) is 3.56. The molecular formula is C19H19BrFN3O2S. The first-order valence-corrected chi connectivity index (χ1v) is 10.3. The molecule has 0 saturated carbocycles. The van der Waals surface area contributed by atoms with Gasteiger partial charge in [-0.15, -0.1) is 11.8 Å². The normalized spacial score (nSPS) is 14.8. The SMILES string of the molecule is CSC(Oc1cc2cc(Br)cnc2cc1F)C(=O)NCC1=CN(C)CC=C1. The van der Waals surface area contributed by atoms with E-state index in [0.29, 0.717) is 12.1 Å². The maximum atomic E-state index is 14.4. The van der Waals surface area contributed by atoms with Gasteiger partial charge in [-0.2, -0.15) is 0 Å². The predicted octanol–water partition coefficient (Wildman–Crippen LogP) is 3.71. The standard InChI is InChI=1S/C19H19BrFN3O2S/c1-24-5-3-4-12(11-24)9-23-18(25)19(27-2)26-17-7-13-6-14(20)10-22-16(13)8-15(17)21/h3-4,6-8,10-11,19H,5,9H2,1-2H3,(H,23,25). The molecule has 27 heavy (non-hydrogen) atoms. The van der Waals surface area contributed by atoms with Crippen LogP contribution < -0.4 is 10.1 Å². The third-order valence-corrected chi connectivity index (χ3v) is 5.11. The van der Waals surface area contributed by atoms with Gasteiger partial charge in [-0.25, -0.2) is 4.39 Å². The first kappa shape index (κ1) is 19.7. The molecule has 0 radical (unpaired) electrons. The molecule has 0 spiro atoms. The number of fused-ring (bicyclic) bond motifs is 1. The second kappa shape index (κ2) is 8.75. The lowest BCUT2D eigenvalue weighted by Crippen LogP contribution is -2.37. The summed E-state index contributed by atoms with van der Waals surface area (Å²) in [6, 6.07) is 4.68. The van der Waals surface area contributed by atoms with Crippen molar-refractivity contribution >= 4 is 44.5 Å². The minimum Gasteiger partial charge on any atom is -0.467 e. The van der Waals surface area contributed by atoms with E-state index in [4.69, 9.17) is 4.74 Å². The van der Waals surface area contributed by atoms with Gasteiger partial charge >= 0.3 is 0 Å². The van der Waals surface area contributed by atoms with E-state index in [2.05, 4.69) is 26.2 Å². The molecule has 5 nitrogen and oxygen atoms in total. The number of halogens is 2. The molecule has 1 aromatic heterocycles. The third kappa shape index (κ3) is 5.01. The molecule has 1 aromatic carbocycles. The quantitative estimate of drug-likeness (QED) is 0.678. The summed E-state index contributed by atoms with van der Waals surface area (Å²) < 4.78 is 20.8. The summed E-state index contributed by atoms with van der Waals surface area (Å²) in [6.07, 6.45) is 9.33. The van der Waals surface area contributed by atoms with E-state index in [9.17, 15) is 9.18 Å². The van der Waals surface area contributed by atoms with Crippen LogP contribution in [0.3, 0.4) is 0 Å². The van der Waals surface area contributed by atoms with Crippen molar-refractivity contribution in [3.8, 4) is 5.75 Å². The molecule has 0 fully saturated rings. The first-order valence-electron chi connectivity index (χ1n) is 8.25. The zero-order valence-electron chi connectivity index (χ0n) is 14.9. The van der Waals surface area contributed by atoms with E-state index in [0.717, 1.165) is 22.0 Å². The highest BCUT2D eigenvalue weighted by Gasteiger charge is 2.21. The van der Waals surface area contributed by atoms with Crippen LogP contribution >= 0.6 is 27.7 Å². The van der Waals surface area contributed by atoms with Crippen molar-refractivity contribution in [3.05, 3.63) is 58.6 Å². The summed E-state index contributed by atoms with van der Waals surface area (Å²) in [7, 11) is 1.97. The average Bonchev–Trinajstić information content (AvgIpc) is 2.64. The molecule has 3 rings (SSSR count). The molecule has 142 valence electrons. The van der Waals surface area contributed by atoms with Gasteiger partial charge in [0.05, 0.1) is 5.52 Å². The number of likely N-dealkylation sites (N-methyl/N-ethyl adjacent to an activating group) is 1. The zero-order valence-corrected chi connectivity index (χ0v) is 17.3. The molecule has 1 amide bonds. The largest absolute Gasteiger partial charge is 0.467 e. The van der Waals surface area contributed by atoms with Crippen LogP contribution in [-0.2, 0) is 4.79 Å². The molecular weight excluding hydrogens is 433 g/mol. The van der Waals surface area contributed by atoms with Gasteiger partial charge < -0.3 is 15.0 Å². The highest BCUT2D eigenvalue weighted by atomic mass is 79.9. The number of amides is 1. The van der Waals surface area contributed by atoms with Crippen molar-refractivity contribution in [2.24, 2.45) is 0 Å². The van der Waals surface area contributed by atoms with Gasteiger partial charge in [0.25, 0.3) is 5.91 Å². The fourth-order valence-corrected chi connectivity index (χ4v) is 3.49. The lowest BCUT2D eigenvalue weighted by atomic mass is 10.2. The molecule has 1 N–H and O–H groups in total. The van der Waals surface area contributed by atoms with Crippen LogP contribution in [0.15, 0.2) is 52.8 Å². The van der Waals surface area contributed by atoms with Crippen molar-refractivity contribution < 1.29 is 13.9 Å². The Bertz CT molecular complexity index is 919. The Kier molecular flexibility index (Phi) is 6.38. The second-order valence-electron chi connectivity index (χ2n) is 6.08. The predicted molar refractivity (Wildman–Crippen MR) is 110 cm³/mol. The van der Waals surface area contributed by atoms with Crippen LogP contribution in [0.25, 0.3) is 10.9 Å². The molecule has 1 aliphatic rings. The number of carbonyl (C=O) groups excluding carboxylic acids is 1. The number of hydrogen-bond acceptors (Lipinski definition) is 5. The highest BCUT2D eigenvalue weighted by molar-refractivity contribution is 9.10. The second-order valence-corrected chi connectivity index (χ2v) is 7.89. The Morgan fingerprint density at radius 2 is 2.30 bits per heavy atom. The smallest absolute Gasteiger partial charge is 0.272 e. The average molecular weight is 452 g/mol. The number of hydrogen-bond donors (Lipinski definition) is 1. The molecule has 2 heterocycles. The van der Waals surface area contributed by atoms with Gasteiger partial charge in [0.15, 0.2) is 11.6 Å². The minimum absolute atomic E-state index is 0.0217. The fraction of sp³-hybridized carbons (Fsp3) is 0.263. The van der Waals surface area contributed by atoms with Gasteiger partial charge in [0.2, 0.25) is 5.44 Å². The Hall–Kier alpha value is -2.06. The van der Waals surface area contributed by atoms with E-state index in [-0.39, 0.29) is 11.7 Å². The van der Waals surface area contributed by atoms with Crippen LogP contribution in [0.5, 0.6) is 5.75 Å². The molecule has 1 unspecified atom stereocenters. The number of carbonyl (C=O) groups is 1. The fourth-order valence-electron chi connectivity index (χ4n) is 2.64.